The van der Waals surface area contributed by atoms with E-state index in [2.05, 4.69) is 32.2 Å². The summed E-state index contributed by atoms with van der Waals surface area (Å²) in [6, 6.07) is 8.37. The minimum absolute atomic E-state index is 0.362. The zero-order valence-electron chi connectivity index (χ0n) is 18.0. The monoisotopic (exact) mass is 416 g/mol. The van der Waals surface area contributed by atoms with E-state index in [1.165, 1.54) is 51.4 Å². The predicted molar refractivity (Wildman–Crippen MR) is 122 cm³/mol. The zero-order chi connectivity index (χ0) is 20.4. The van der Waals surface area contributed by atoms with Crippen LogP contribution in [0.5, 0.6) is 5.75 Å². The van der Waals surface area contributed by atoms with Crippen LogP contribution in [0.4, 0.5) is 0 Å². The van der Waals surface area contributed by atoms with Crippen molar-refractivity contribution in [3.05, 3.63) is 30.3 Å². The van der Waals surface area contributed by atoms with E-state index in [1.54, 1.807) is 55.0 Å². The van der Waals surface area contributed by atoms with E-state index in [4.69, 9.17) is 0 Å². The fourth-order valence-corrected chi connectivity index (χ4v) is 8.85. The number of rotatable bonds is 14. The summed E-state index contributed by atoms with van der Waals surface area (Å²) in [5, 5.41) is 0. The Bertz CT molecular complexity index is 428. The van der Waals surface area contributed by atoms with Crippen LogP contribution in [0, 0.1) is 0 Å². The van der Waals surface area contributed by atoms with Crippen molar-refractivity contribution >= 4 is 15.5 Å². The van der Waals surface area contributed by atoms with Crippen LogP contribution >= 0.6 is 15.5 Å². The zero-order valence-corrected chi connectivity index (χ0v) is 19.9. The van der Waals surface area contributed by atoms with Gasteiger partial charge in [0.05, 0.1) is 24.6 Å². The maximum absolute atomic E-state index is 10.0. The summed E-state index contributed by atoms with van der Waals surface area (Å²) in [6.07, 6.45) is 17.9. The SMILES string of the molecule is CCCC[P+](CCCC)(CCCC)CCCC.O=[PH]([O-])Oc1ccccc1. The molecule has 0 aliphatic rings. The maximum atomic E-state index is 10.0. The van der Waals surface area contributed by atoms with E-state index in [9.17, 15) is 9.46 Å². The first-order valence-electron chi connectivity index (χ1n) is 10.8. The van der Waals surface area contributed by atoms with Crippen molar-refractivity contribution < 1.29 is 14.0 Å². The summed E-state index contributed by atoms with van der Waals surface area (Å²) in [5.41, 5.74) is 0. The Labute approximate surface area is 169 Å². The quantitative estimate of drug-likeness (QED) is 0.306. The van der Waals surface area contributed by atoms with E-state index >= 15 is 0 Å². The fraction of sp³-hybridized carbons (Fsp3) is 0.727. The topological polar surface area (TPSA) is 49.4 Å². The summed E-state index contributed by atoms with van der Waals surface area (Å²) in [7, 11) is -3.65. The van der Waals surface area contributed by atoms with Gasteiger partial charge in [0.15, 0.2) is 8.25 Å². The number of unbranched alkanes of at least 4 members (excludes halogenated alkanes) is 4. The number of hydrogen-bond acceptors (Lipinski definition) is 3. The van der Waals surface area contributed by atoms with Crippen LogP contribution in [0.15, 0.2) is 30.3 Å². The lowest BCUT2D eigenvalue weighted by Gasteiger charge is -2.28. The van der Waals surface area contributed by atoms with Crippen molar-refractivity contribution in [2.24, 2.45) is 0 Å². The molecule has 27 heavy (non-hydrogen) atoms. The molecule has 0 aliphatic heterocycles. The predicted octanol–water partition coefficient (Wildman–Crippen LogP) is 7.02. The lowest BCUT2D eigenvalue weighted by molar-refractivity contribution is -0.178. The third-order valence-electron chi connectivity index (χ3n) is 4.89. The Kier molecular flexibility index (Phi) is 17.5. The molecule has 0 spiro atoms. The Balaban J connectivity index is 0.000000569. The van der Waals surface area contributed by atoms with Crippen LogP contribution in [0.25, 0.3) is 0 Å². The Morgan fingerprint density at radius 1 is 0.778 bits per heavy atom. The van der Waals surface area contributed by atoms with E-state index < -0.39 is 15.5 Å². The Morgan fingerprint density at radius 2 is 1.15 bits per heavy atom. The van der Waals surface area contributed by atoms with Gasteiger partial charge in [0.2, 0.25) is 0 Å². The lowest BCUT2D eigenvalue weighted by Crippen LogP contribution is -2.12. The largest absolute Gasteiger partial charge is 0.771 e. The standard InChI is InChI=1S/C16H36P.C6H7O3P/c1-5-9-13-17(14-10-6-2,15-11-7-3)16-12-8-4;7-10(8)9-6-4-2-1-3-5-6/h5-16H2,1-4H3;1-5,10H,(H,7,8)/q+1;/p-1. The normalized spacial score (nSPS) is 12.2. The van der Waals surface area contributed by atoms with Crippen molar-refractivity contribution in [1.29, 1.82) is 0 Å². The van der Waals surface area contributed by atoms with Gasteiger partial charge in [-0.3, -0.25) is 4.57 Å². The summed E-state index contributed by atoms with van der Waals surface area (Å²) in [4.78, 5) is 10.0. The molecule has 5 heteroatoms. The van der Waals surface area contributed by atoms with Crippen LogP contribution in [0.3, 0.4) is 0 Å². The molecule has 0 aliphatic carbocycles. The molecule has 0 saturated carbocycles. The third kappa shape index (κ3) is 14.3. The Hall–Kier alpha value is -0.360. The molecular formula is C22H42O3P2. The molecule has 1 aromatic carbocycles. The second-order valence-corrected chi connectivity index (χ2v) is 12.5. The average Bonchev–Trinajstić information content (AvgIpc) is 2.68. The lowest BCUT2D eigenvalue weighted by atomic mass is 10.3. The van der Waals surface area contributed by atoms with Crippen molar-refractivity contribution in [3.8, 4) is 5.75 Å². The van der Waals surface area contributed by atoms with Gasteiger partial charge in [0, 0.05) is 7.26 Å². The molecule has 1 atom stereocenters. The molecule has 0 saturated heterocycles. The molecule has 0 aromatic heterocycles. The molecule has 158 valence electrons. The van der Waals surface area contributed by atoms with Crippen LogP contribution in [-0.2, 0) is 4.57 Å². The van der Waals surface area contributed by atoms with E-state index in [-0.39, 0.29) is 0 Å². The van der Waals surface area contributed by atoms with Gasteiger partial charge in [-0.25, -0.2) is 0 Å². The van der Waals surface area contributed by atoms with Gasteiger partial charge >= 0.3 is 0 Å². The van der Waals surface area contributed by atoms with E-state index in [0.717, 1.165) is 0 Å². The maximum Gasteiger partial charge on any atom is 0.172 e. The minimum atomic E-state index is -3.09. The van der Waals surface area contributed by atoms with Crippen molar-refractivity contribution in [1.82, 2.24) is 0 Å². The highest BCUT2D eigenvalue weighted by Crippen LogP contribution is 2.61. The molecular weight excluding hydrogens is 374 g/mol. The molecule has 1 rings (SSSR count). The van der Waals surface area contributed by atoms with Crippen LogP contribution in [0.1, 0.15) is 79.1 Å². The summed E-state index contributed by atoms with van der Waals surface area (Å²) in [5.74, 6) is 0.362. The highest BCUT2D eigenvalue weighted by Gasteiger charge is 2.34. The molecule has 0 amide bonds. The van der Waals surface area contributed by atoms with Crippen LogP contribution in [-0.4, -0.2) is 24.6 Å². The van der Waals surface area contributed by atoms with Gasteiger partial charge in [0.1, 0.15) is 5.75 Å². The van der Waals surface area contributed by atoms with Crippen molar-refractivity contribution in [2.75, 3.05) is 24.6 Å². The van der Waals surface area contributed by atoms with Crippen molar-refractivity contribution in [2.45, 2.75) is 79.1 Å². The summed E-state index contributed by atoms with van der Waals surface area (Å²) >= 11 is 0. The molecule has 3 nitrogen and oxygen atoms in total. The molecule has 0 bridgehead atoms. The van der Waals surface area contributed by atoms with Gasteiger partial charge in [-0.05, 0) is 37.8 Å². The average molecular weight is 417 g/mol. The van der Waals surface area contributed by atoms with Gasteiger partial charge in [-0.1, -0.05) is 71.6 Å². The second-order valence-electron chi connectivity index (χ2n) is 7.32. The highest BCUT2D eigenvalue weighted by atomic mass is 31.2. The third-order valence-corrected chi connectivity index (χ3v) is 10.4. The van der Waals surface area contributed by atoms with Gasteiger partial charge in [0.25, 0.3) is 0 Å². The summed E-state index contributed by atoms with van der Waals surface area (Å²) in [6.45, 7) is 9.42. The first-order valence-corrected chi connectivity index (χ1v) is 14.6. The van der Waals surface area contributed by atoms with Crippen molar-refractivity contribution in [3.63, 3.8) is 0 Å². The molecule has 0 N–H and O–H groups in total. The number of hydrogen-bond donors (Lipinski definition) is 0. The highest BCUT2D eigenvalue weighted by molar-refractivity contribution is 7.75. The van der Waals surface area contributed by atoms with Gasteiger partial charge in [-0.15, -0.1) is 0 Å². The van der Waals surface area contributed by atoms with E-state index in [1.807, 2.05) is 0 Å². The van der Waals surface area contributed by atoms with Crippen LogP contribution < -0.4 is 9.42 Å². The molecule has 1 unspecified atom stereocenters. The van der Waals surface area contributed by atoms with Crippen LogP contribution in [0.2, 0.25) is 0 Å². The first kappa shape index (κ1) is 26.6. The second kappa shape index (κ2) is 17.7. The molecule has 0 radical (unpaired) electrons. The van der Waals surface area contributed by atoms with E-state index in [0.29, 0.717) is 5.75 Å². The van der Waals surface area contributed by atoms with Gasteiger partial charge in [-0.2, -0.15) is 0 Å². The summed E-state index contributed by atoms with van der Waals surface area (Å²) < 4.78 is 14.4. The fourth-order valence-electron chi connectivity index (χ4n) is 3.23. The minimum Gasteiger partial charge on any atom is -0.771 e. The molecule has 0 heterocycles. The first-order chi connectivity index (χ1) is 13.0. The number of benzene rings is 1. The Morgan fingerprint density at radius 3 is 1.44 bits per heavy atom. The smallest absolute Gasteiger partial charge is 0.172 e. The number of para-hydroxylation sites is 1. The molecule has 0 fully saturated rings. The molecule has 1 aromatic rings. The van der Waals surface area contributed by atoms with Gasteiger partial charge < -0.3 is 9.42 Å².